The number of sulfonamides is 1. The Kier molecular flexibility index (Phi) is 7.85. The van der Waals surface area contributed by atoms with Gasteiger partial charge >= 0.3 is 21.6 Å². The number of fused-ring (bicyclic) bond motifs is 1. The van der Waals surface area contributed by atoms with Crippen molar-refractivity contribution < 1.29 is 40.6 Å². The lowest BCUT2D eigenvalue weighted by Crippen LogP contribution is -2.49. The number of carbonyl (C=O) groups is 1. The highest BCUT2D eigenvalue weighted by atomic mass is 32.2. The summed E-state index contributed by atoms with van der Waals surface area (Å²) < 4.78 is 83.3. The summed E-state index contributed by atoms with van der Waals surface area (Å²) in [4.78, 5) is 14.1. The molecular formula is C23H27F3N2O6S. The van der Waals surface area contributed by atoms with Crippen LogP contribution in [0.2, 0.25) is 0 Å². The summed E-state index contributed by atoms with van der Waals surface area (Å²) in [5, 5.41) is 0. The second-order valence-corrected chi connectivity index (χ2v) is 9.80. The molecule has 0 spiro atoms. The third-order valence-corrected chi connectivity index (χ3v) is 7.34. The maximum Gasteiger partial charge on any atom is 0.511 e. The van der Waals surface area contributed by atoms with Crippen LogP contribution in [-0.2, 0) is 21.3 Å². The van der Waals surface area contributed by atoms with Crippen LogP contribution in [0.15, 0.2) is 42.5 Å². The Hall–Kier alpha value is -2.99. The van der Waals surface area contributed by atoms with Crippen LogP contribution in [0.5, 0.6) is 11.5 Å². The number of benzene rings is 2. The van der Waals surface area contributed by atoms with E-state index in [2.05, 4.69) is 0 Å². The van der Waals surface area contributed by atoms with Gasteiger partial charge in [0, 0.05) is 18.7 Å². The molecule has 1 amide bonds. The van der Waals surface area contributed by atoms with E-state index in [1.807, 2.05) is 0 Å². The number of methoxy groups -OCH3 is 2. The Labute approximate surface area is 202 Å². The number of anilines is 1. The molecule has 2 aromatic carbocycles. The van der Waals surface area contributed by atoms with E-state index in [-0.39, 0.29) is 35.8 Å². The van der Waals surface area contributed by atoms with Gasteiger partial charge in [0.15, 0.2) is 11.5 Å². The van der Waals surface area contributed by atoms with Crippen molar-refractivity contribution in [2.75, 3.05) is 25.7 Å². The maximum absolute atomic E-state index is 13.8. The number of carbonyl (C=O) groups excluding carboxylic acids is 1. The third-order valence-electron chi connectivity index (χ3n) is 5.75. The van der Waals surface area contributed by atoms with Crippen LogP contribution in [0.25, 0.3) is 0 Å². The summed E-state index contributed by atoms with van der Waals surface area (Å²) in [6, 6.07) is 8.90. The molecule has 8 nitrogen and oxygen atoms in total. The van der Waals surface area contributed by atoms with Crippen molar-refractivity contribution in [2.45, 2.75) is 44.4 Å². The van der Waals surface area contributed by atoms with Crippen molar-refractivity contribution in [2.24, 2.45) is 0 Å². The van der Waals surface area contributed by atoms with E-state index in [0.29, 0.717) is 9.87 Å². The van der Waals surface area contributed by atoms with Gasteiger partial charge in [0.2, 0.25) is 0 Å². The number of halogens is 3. The van der Waals surface area contributed by atoms with Gasteiger partial charge in [-0.05, 0) is 37.5 Å². The van der Waals surface area contributed by atoms with Crippen molar-refractivity contribution in [1.29, 1.82) is 0 Å². The predicted octanol–water partition coefficient (Wildman–Crippen LogP) is 4.85. The van der Waals surface area contributed by atoms with Crippen LogP contribution in [0.4, 0.5) is 23.7 Å². The van der Waals surface area contributed by atoms with Crippen molar-refractivity contribution in [3.63, 3.8) is 0 Å². The monoisotopic (exact) mass is 516 g/mol. The molecule has 0 fully saturated rings. The number of nitrogens with zero attached hydrogens (tertiary/aromatic N) is 2. The average Bonchev–Trinajstić information content (AvgIpc) is 2.81. The number of ether oxygens (including phenoxy) is 3. The van der Waals surface area contributed by atoms with E-state index in [9.17, 15) is 26.4 Å². The molecule has 3 rings (SSSR count). The lowest BCUT2D eigenvalue weighted by molar-refractivity contribution is -0.0507. The molecule has 0 saturated carbocycles. The predicted molar refractivity (Wildman–Crippen MR) is 123 cm³/mol. The Morgan fingerprint density at radius 1 is 1.11 bits per heavy atom. The molecule has 0 bridgehead atoms. The molecule has 0 radical (unpaired) electrons. The van der Waals surface area contributed by atoms with Crippen LogP contribution < -0.4 is 14.4 Å². The number of rotatable bonds is 7. The van der Waals surface area contributed by atoms with Gasteiger partial charge in [-0.25, -0.2) is 13.2 Å². The highest BCUT2D eigenvalue weighted by Crippen LogP contribution is 2.48. The quantitative estimate of drug-likeness (QED) is 0.523. The largest absolute Gasteiger partial charge is 0.511 e. The fraction of sp³-hybridized carbons (Fsp3) is 0.435. The van der Waals surface area contributed by atoms with Crippen molar-refractivity contribution in [1.82, 2.24) is 4.31 Å². The molecular weight excluding hydrogens is 489 g/mol. The second-order valence-electron chi connectivity index (χ2n) is 7.92. The molecule has 35 heavy (non-hydrogen) atoms. The Morgan fingerprint density at radius 3 is 2.26 bits per heavy atom. The lowest BCUT2D eigenvalue weighted by Gasteiger charge is -2.42. The molecule has 192 valence electrons. The molecule has 2 atom stereocenters. The molecule has 0 saturated heterocycles. The smallest absolute Gasteiger partial charge is 0.493 e. The van der Waals surface area contributed by atoms with Gasteiger partial charge < -0.3 is 14.2 Å². The highest BCUT2D eigenvalue weighted by Gasteiger charge is 2.53. The van der Waals surface area contributed by atoms with E-state index >= 15 is 0 Å². The molecule has 12 heteroatoms. The first-order chi connectivity index (χ1) is 16.5. The first kappa shape index (κ1) is 26.6. The van der Waals surface area contributed by atoms with Gasteiger partial charge in [0.05, 0.1) is 32.6 Å². The van der Waals surface area contributed by atoms with Gasteiger partial charge in [-0.2, -0.15) is 17.5 Å². The zero-order valence-electron chi connectivity index (χ0n) is 19.7. The molecule has 0 aromatic heterocycles. The van der Waals surface area contributed by atoms with Crippen molar-refractivity contribution >= 4 is 21.8 Å². The van der Waals surface area contributed by atoms with Gasteiger partial charge in [0.1, 0.15) is 0 Å². The van der Waals surface area contributed by atoms with Gasteiger partial charge in [-0.1, -0.05) is 30.3 Å². The van der Waals surface area contributed by atoms with E-state index in [1.54, 1.807) is 44.2 Å². The van der Waals surface area contributed by atoms with Crippen molar-refractivity contribution in [3.8, 4) is 11.5 Å². The van der Waals surface area contributed by atoms with Crippen LogP contribution >= 0.6 is 0 Å². The SMILES string of the molecule is CCOC(=O)N1c2cc(OC)c(OC)cc2[C@@H](N(Cc2ccccc2)S(=O)(=O)C(F)(F)F)C[C@H]1C. The summed E-state index contributed by atoms with van der Waals surface area (Å²) in [5.74, 6) is 0.403. The number of alkyl halides is 3. The average molecular weight is 517 g/mol. The summed E-state index contributed by atoms with van der Waals surface area (Å²) >= 11 is 0. The zero-order chi connectivity index (χ0) is 26.0. The van der Waals surface area contributed by atoms with Crippen LogP contribution in [0, 0.1) is 0 Å². The number of hydrogen-bond donors (Lipinski definition) is 0. The van der Waals surface area contributed by atoms with Gasteiger partial charge in [0.25, 0.3) is 0 Å². The molecule has 2 aromatic rings. The summed E-state index contributed by atoms with van der Waals surface area (Å²) in [6.45, 7) is 2.80. The van der Waals surface area contributed by atoms with E-state index in [0.717, 1.165) is 0 Å². The standard InChI is InChI=1S/C23H27F3N2O6S/c1-5-34-22(29)28-15(2)11-18(17-12-20(32-3)21(33-4)13-19(17)28)27(35(30,31)23(24,25)26)14-16-9-7-6-8-10-16/h6-10,12-13,15,18H,5,11,14H2,1-4H3/t15-,18+/m1/s1. The molecule has 0 N–H and O–H groups in total. The number of hydrogen-bond acceptors (Lipinski definition) is 6. The number of amides is 1. The molecule has 1 aliphatic heterocycles. The summed E-state index contributed by atoms with van der Waals surface area (Å²) in [7, 11) is -3.04. The highest BCUT2D eigenvalue weighted by molar-refractivity contribution is 7.89. The third kappa shape index (κ3) is 5.18. The second kappa shape index (κ2) is 10.3. The minimum absolute atomic E-state index is 0.0800. The van der Waals surface area contributed by atoms with Crippen molar-refractivity contribution in [3.05, 3.63) is 53.6 Å². The first-order valence-electron chi connectivity index (χ1n) is 10.8. The van der Waals surface area contributed by atoms with Gasteiger partial charge in [-0.15, -0.1) is 0 Å². The Morgan fingerprint density at radius 2 is 1.71 bits per heavy atom. The molecule has 1 heterocycles. The maximum atomic E-state index is 13.8. The van der Waals surface area contributed by atoms with Crippen LogP contribution in [0.3, 0.4) is 0 Å². The molecule has 0 aliphatic carbocycles. The Balaban J connectivity index is 2.25. The van der Waals surface area contributed by atoms with Gasteiger partial charge in [-0.3, -0.25) is 4.90 Å². The lowest BCUT2D eigenvalue weighted by atomic mass is 9.91. The molecule has 0 unspecified atom stereocenters. The summed E-state index contributed by atoms with van der Waals surface area (Å²) in [5.41, 5.74) is -4.80. The minimum atomic E-state index is -5.76. The fourth-order valence-corrected chi connectivity index (χ4v) is 5.28. The van der Waals surface area contributed by atoms with E-state index in [1.165, 1.54) is 31.3 Å². The summed E-state index contributed by atoms with van der Waals surface area (Å²) in [6.07, 6.45) is -0.816. The Bertz CT molecular complexity index is 1160. The fourth-order valence-electron chi connectivity index (χ4n) is 4.16. The molecule has 1 aliphatic rings. The van der Waals surface area contributed by atoms with E-state index in [4.69, 9.17) is 14.2 Å². The minimum Gasteiger partial charge on any atom is -0.493 e. The van der Waals surface area contributed by atoms with Crippen LogP contribution in [-0.4, -0.2) is 51.2 Å². The normalized spacial score (nSPS) is 18.2. The van der Waals surface area contributed by atoms with Crippen LogP contribution in [0.1, 0.15) is 37.4 Å². The van der Waals surface area contributed by atoms with E-state index < -0.39 is 40.3 Å². The first-order valence-corrected chi connectivity index (χ1v) is 12.2. The zero-order valence-corrected chi connectivity index (χ0v) is 20.5. The topological polar surface area (TPSA) is 85.4 Å².